The van der Waals surface area contributed by atoms with E-state index in [1.165, 1.54) is 0 Å². The Morgan fingerprint density at radius 1 is 1.58 bits per heavy atom. The zero-order valence-corrected chi connectivity index (χ0v) is 6.60. The van der Waals surface area contributed by atoms with Crippen LogP contribution >= 0.6 is 0 Å². The maximum absolute atomic E-state index is 10.2. The first-order valence-electron chi connectivity index (χ1n) is 3.53. The number of carbonyl (C=O) groups is 1. The lowest BCUT2D eigenvalue weighted by molar-refractivity contribution is -0.161. The molecule has 0 aliphatic heterocycles. The predicted octanol–water partition coefficient (Wildman–Crippen LogP) is -2.18. The number of rotatable bonds is 5. The first kappa shape index (κ1) is 11.3. The highest BCUT2D eigenvalue weighted by atomic mass is 16.4. The molecular formula is C6H14N2O4. The zero-order valence-electron chi connectivity index (χ0n) is 6.60. The van der Waals surface area contributed by atoms with E-state index < -0.39 is 24.2 Å². The van der Waals surface area contributed by atoms with Crippen LogP contribution in [-0.2, 0) is 4.79 Å². The van der Waals surface area contributed by atoms with Gasteiger partial charge in [-0.25, -0.2) is 4.79 Å². The summed E-state index contributed by atoms with van der Waals surface area (Å²) in [6.45, 7) is 0.219. The number of carboxylic acid groups (broad SMARTS) is 1. The molecule has 0 aliphatic rings. The van der Waals surface area contributed by atoms with E-state index in [9.17, 15) is 4.79 Å². The SMILES string of the molecule is NCCC(O)CC(N)(O)C(=O)O. The second kappa shape index (κ2) is 4.36. The lowest BCUT2D eigenvalue weighted by Gasteiger charge is -2.20. The normalized spacial score (nSPS) is 18.3. The first-order chi connectivity index (χ1) is 5.40. The summed E-state index contributed by atoms with van der Waals surface area (Å²) in [5.74, 6) is -1.56. The maximum atomic E-state index is 10.2. The first-order valence-corrected chi connectivity index (χ1v) is 3.53. The number of hydrogen-bond acceptors (Lipinski definition) is 5. The van der Waals surface area contributed by atoms with Crippen molar-refractivity contribution in [1.29, 1.82) is 0 Å². The molecule has 2 unspecified atom stereocenters. The van der Waals surface area contributed by atoms with Crippen LogP contribution in [0, 0.1) is 0 Å². The topological polar surface area (TPSA) is 130 Å². The summed E-state index contributed by atoms with van der Waals surface area (Å²) >= 11 is 0. The summed E-state index contributed by atoms with van der Waals surface area (Å²) in [5.41, 5.74) is 7.67. The van der Waals surface area contributed by atoms with Gasteiger partial charge >= 0.3 is 5.97 Å². The molecule has 0 bridgehead atoms. The molecule has 0 fully saturated rings. The quantitative estimate of drug-likeness (QED) is 0.304. The highest BCUT2D eigenvalue weighted by Crippen LogP contribution is 2.08. The number of aliphatic hydroxyl groups is 2. The van der Waals surface area contributed by atoms with E-state index in [1.54, 1.807) is 0 Å². The Kier molecular flexibility index (Phi) is 4.11. The number of hydrogen-bond donors (Lipinski definition) is 5. The van der Waals surface area contributed by atoms with Gasteiger partial charge in [-0.3, -0.25) is 5.73 Å². The molecule has 0 spiro atoms. The minimum absolute atomic E-state index is 0.215. The zero-order chi connectivity index (χ0) is 9.78. The van der Waals surface area contributed by atoms with Gasteiger partial charge < -0.3 is 21.1 Å². The Labute approximate surface area is 69.8 Å². The predicted molar refractivity (Wildman–Crippen MR) is 41.1 cm³/mol. The fourth-order valence-electron chi connectivity index (χ4n) is 0.741. The van der Waals surface area contributed by atoms with Crippen molar-refractivity contribution in [3.63, 3.8) is 0 Å². The van der Waals surface area contributed by atoms with Crippen molar-refractivity contribution in [2.45, 2.75) is 24.7 Å². The minimum atomic E-state index is -2.37. The summed E-state index contributed by atoms with van der Waals surface area (Å²) in [6.07, 6.45) is -1.19. The lowest BCUT2D eigenvalue weighted by Crippen LogP contribution is -2.50. The fraction of sp³-hybridized carbons (Fsp3) is 0.833. The van der Waals surface area contributed by atoms with Crippen LogP contribution in [0.4, 0.5) is 0 Å². The van der Waals surface area contributed by atoms with E-state index in [2.05, 4.69) is 0 Å². The standard InChI is InChI=1S/C6H14N2O4/c7-2-1-4(9)3-6(8,12)5(10)11/h4,9,12H,1-3,7-8H2,(H,10,11). The average molecular weight is 178 g/mol. The lowest BCUT2D eigenvalue weighted by atomic mass is 10.0. The molecule has 6 heteroatoms. The third-order valence-electron chi connectivity index (χ3n) is 1.42. The van der Waals surface area contributed by atoms with Gasteiger partial charge in [0.05, 0.1) is 6.10 Å². The number of nitrogens with two attached hydrogens (primary N) is 2. The number of carboxylic acids is 1. The van der Waals surface area contributed by atoms with Crippen molar-refractivity contribution in [3.8, 4) is 0 Å². The molecule has 0 aromatic heterocycles. The van der Waals surface area contributed by atoms with Crippen molar-refractivity contribution >= 4 is 5.97 Å². The number of aliphatic hydroxyl groups excluding tert-OH is 1. The van der Waals surface area contributed by atoms with E-state index in [4.69, 9.17) is 26.8 Å². The molecule has 6 nitrogen and oxygen atoms in total. The molecule has 0 saturated heterocycles. The van der Waals surface area contributed by atoms with Crippen molar-refractivity contribution in [2.24, 2.45) is 11.5 Å². The molecule has 0 aromatic rings. The van der Waals surface area contributed by atoms with Crippen LogP contribution in [0.25, 0.3) is 0 Å². The van der Waals surface area contributed by atoms with Crippen LogP contribution in [0.2, 0.25) is 0 Å². The molecule has 0 aromatic carbocycles. The highest BCUT2D eigenvalue weighted by Gasteiger charge is 2.33. The summed E-state index contributed by atoms with van der Waals surface area (Å²) in [5, 5.41) is 26.4. The number of aliphatic carboxylic acids is 1. The summed E-state index contributed by atoms with van der Waals surface area (Å²) in [7, 11) is 0. The van der Waals surface area contributed by atoms with E-state index in [-0.39, 0.29) is 13.0 Å². The van der Waals surface area contributed by atoms with Gasteiger partial charge in [0.1, 0.15) is 0 Å². The van der Waals surface area contributed by atoms with Gasteiger partial charge in [-0.2, -0.15) is 0 Å². The third-order valence-corrected chi connectivity index (χ3v) is 1.42. The Balaban J connectivity index is 3.96. The summed E-state index contributed by atoms with van der Waals surface area (Å²) in [6, 6.07) is 0. The van der Waals surface area contributed by atoms with Gasteiger partial charge in [0, 0.05) is 6.42 Å². The Morgan fingerprint density at radius 2 is 2.08 bits per heavy atom. The van der Waals surface area contributed by atoms with Crippen LogP contribution < -0.4 is 11.5 Å². The van der Waals surface area contributed by atoms with Crippen molar-refractivity contribution in [3.05, 3.63) is 0 Å². The van der Waals surface area contributed by atoms with Gasteiger partial charge in [-0.15, -0.1) is 0 Å². The van der Waals surface area contributed by atoms with Crippen LogP contribution in [0.3, 0.4) is 0 Å². The molecule has 0 heterocycles. The second-order valence-electron chi connectivity index (χ2n) is 2.66. The monoisotopic (exact) mass is 178 g/mol. The van der Waals surface area contributed by atoms with Crippen LogP contribution in [0.5, 0.6) is 0 Å². The van der Waals surface area contributed by atoms with E-state index >= 15 is 0 Å². The second-order valence-corrected chi connectivity index (χ2v) is 2.66. The van der Waals surface area contributed by atoms with Gasteiger partial charge in [0.2, 0.25) is 5.72 Å². The van der Waals surface area contributed by atoms with Crippen molar-refractivity contribution < 1.29 is 20.1 Å². The molecule has 0 rings (SSSR count). The molecule has 0 aliphatic carbocycles. The van der Waals surface area contributed by atoms with E-state index in [1.807, 2.05) is 0 Å². The largest absolute Gasteiger partial charge is 0.478 e. The van der Waals surface area contributed by atoms with Crippen molar-refractivity contribution in [2.75, 3.05) is 6.54 Å². The van der Waals surface area contributed by atoms with Crippen LogP contribution in [0.1, 0.15) is 12.8 Å². The van der Waals surface area contributed by atoms with Crippen molar-refractivity contribution in [1.82, 2.24) is 0 Å². The molecule has 0 saturated carbocycles. The summed E-state index contributed by atoms with van der Waals surface area (Å²) < 4.78 is 0. The Hall–Kier alpha value is -0.690. The Bertz CT molecular complexity index is 160. The van der Waals surface area contributed by atoms with Gasteiger partial charge in [0.15, 0.2) is 0 Å². The van der Waals surface area contributed by atoms with Gasteiger partial charge in [0.25, 0.3) is 0 Å². The van der Waals surface area contributed by atoms with E-state index in [0.29, 0.717) is 0 Å². The maximum Gasteiger partial charge on any atom is 0.351 e. The molecule has 0 amide bonds. The average Bonchev–Trinajstić information content (AvgIpc) is 1.85. The smallest absolute Gasteiger partial charge is 0.351 e. The molecule has 2 atom stereocenters. The molecule has 72 valence electrons. The third kappa shape index (κ3) is 3.63. The molecule has 7 N–H and O–H groups in total. The summed E-state index contributed by atoms with van der Waals surface area (Å²) in [4.78, 5) is 10.2. The van der Waals surface area contributed by atoms with E-state index in [0.717, 1.165) is 0 Å². The molecule has 12 heavy (non-hydrogen) atoms. The Morgan fingerprint density at radius 3 is 2.42 bits per heavy atom. The van der Waals surface area contributed by atoms with Gasteiger partial charge in [-0.1, -0.05) is 0 Å². The molecule has 0 radical (unpaired) electrons. The van der Waals surface area contributed by atoms with Crippen LogP contribution in [0.15, 0.2) is 0 Å². The highest BCUT2D eigenvalue weighted by molar-refractivity contribution is 5.76. The fourth-order valence-corrected chi connectivity index (χ4v) is 0.741. The van der Waals surface area contributed by atoms with Crippen LogP contribution in [-0.4, -0.2) is 39.7 Å². The minimum Gasteiger partial charge on any atom is -0.478 e. The molecular weight excluding hydrogens is 164 g/mol. The van der Waals surface area contributed by atoms with Gasteiger partial charge in [-0.05, 0) is 13.0 Å².